The van der Waals surface area contributed by atoms with E-state index in [1.54, 1.807) is 16.0 Å². The van der Waals surface area contributed by atoms with E-state index in [4.69, 9.17) is 5.73 Å². The molecule has 0 amide bonds. The van der Waals surface area contributed by atoms with Crippen LogP contribution in [-0.2, 0) is 13.5 Å². The molecule has 2 heterocycles. The zero-order chi connectivity index (χ0) is 10.8. The molecule has 5 heteroatoms. The van der Waals surface area contributed by atoms with Gasteiger partial charge in [-0.25, -0.2) is 0 Å². The lowest BCUT2D eigenvalue weighted by atomic mass is 10.1. The van der Waals surface area contributed by atoms with E-state index in [9.17, 15) is 0 Å². The summed E-state index contributed by atoms with van der Waals surface area (Å²) in [7, 11) is 1.92. The quantitative estimate of drug-likeness (QED) is 0.876. The number of hydrogen-bond acceptors (Lipinski definition) is 3. The van der Waals surface area contributed by atoms with Crippen LogP contribution in [0, 0.1) is 2.88 Å². The molecule has 0 spiro atoms. The molecule has 0 saturated carbocycles. The van der Waals surface area contributed by atoms with E-state index in [2.05, 4.69) is 39.1 Å². The molecule has 1 atom stereocenters. The highest BCUT2D eigenvalue weighted by atomic mass is 127. The SMILES string of the molecule is Cn1ccc(CC(N)c2csc(I)c2)n1. The van der Waals surface area contributed by atoms with Gasteiger partial charge >= 0.3 is 0 Å². The lowest BCUT2D eigenvalue weighted by Crippen LogP contribution is -2.12. The average Bonchev–Trinajstić information content (AvgIpc) is 2.75. The predicted molar refractivity (Wildman–Crippen MR) is 70.9 cm³/mol. The summed E-state index contributed by atoms with van der Waals surface area (Å²) in [6, 6.07) is 4.20. The van der Waals surface area contributed by atoms with Crippen LogP contribution in [0.2, 0.25) is 0 Å². The minimum Gasteiger partial charge on any atom is -0.324 e. The largest absolute Gasteiger partial charge is 0.324 e. The number of halogens is 1. The Labute approximate surface area is 106 Å². The van der Waals surface area contributed by atoms with E-state index in [0.29, 0.717) is 0 Å². The van der Waals surface area contributed by atoms with Gasteiger partial charge in [0.2, 0.25) is 0 Å². The lowest BCUT2D eigenvalue weighted by Gasteiger charge is -2.06. The van der Waals surface area contributed by atoms with Gasteiger partial charge in [-0.3, -0.25) is 4.68 Å². The monoisotopic (exact) mass is 333 g/mol. The Bertz CT molecular complexity index is 449. The Morgan fingerprint density at radius 2 is 2.47 bits per heavy atom. The number of hydrogen-bond donors (Lipinski definition) is 1. The third kappa shape index (κ3) is 2.79. The fourth-order valence-corrected chi connectivity index (χ4v) is 2.87. The predicted octanol–water partition coefficient (Wildman–Crippen LogP) is 2.33. The van der Waals surface area contributed by atoms with Crippen LogP contribution < -0.4 is 5.73 Å². The second-order valence-electron chi connectivity index (χ2n) is 3.48. The molecule has 80 valence electrons. The second-order valence-corrected chi connectivity index (χ2v) is 6.28. The minimum absolute atomic E-state index is 0.0552. The van der Waals surface area contributed by atoms with E-state index in [1.807, 2.05) is 19.3 Å². The number of nitrogens with zero attached hydrogens (tertiary/aromatic N) is 2. The fourth-order valence-electron chi connectivity index (χ4n) is 1.43. The maximum absolute atomic E-state index is 6.10. The first-order valence-corrected chi connectivity index (χ1v) is 6.59. The number of thiophene rings is 1. The molecule has 3 nitrogen and oxygen atoms in total. The Kier molecular flexibility index (Phi) is 3.42. The Morgan fingerprint density at radius 3 is 3.00 bits per heavy atom. The van der Waals surface area contributed by atoms with Gasteiger partial charge in [0, 0.05) is 25.7 Å². The van der Waals surface area contributed by atoms with Crippen LogP contribution in [0.4, 0.5) is 0 Å². The van der Waals surface area contributed by atoms with Crippen LogP contribution in [0.5, 0.6) is 0 Å². The standard InChI is InChI=1S/C10H12IN3S/c1-14-3-2-8(13-14)5-9(12)7-4-10(11)15-6-7/h2-4,6,9H,5,12H2,1H3. The molecule has 0 bridgehead atoms. The molecular weight excluding hydrogens is 321 g/mol. The van der Waals surface area contributed by atoms with Crippen molar-refractivity contribution in [2.75, 3.05) is 0 Å². The van der Waals surface area contributed by atoms with Crippen LogP contribution in [-0.4, -0.2) is 9.78 Å². The highest BCUT2D eigenvalue weighted by molar-refractivity contribution is 14.1. The normalized spacial score (nSPS) is 13.0. The lowest BCUT2D eigenvalue weighted by molar-refractivity contribution is 0.677. The van der Waals surface area contributed by atoms with Crippen molar-refractivity contribution in [3.05, 3.63) is 37.9 Å². The molecule has 1 unspecified atom stereocenters. The van der Waals surface area contributed by atoms with Crippen LogP contribution in [0.15, 0.2) is 23.7 Å². The molecule has 0 aliphatic heterocycles. The number of rotatable bonds is 3. The zero-order valence-corrected chi connectivity index (χ0v) is 11.3. The first-order valence-electron chi connectivity index (χ1n) is 4.63. The summed E-state index contributed by atoms with van der Waals surface area (Å²) in [4.78, 5) is 0. The van der Waals surface area contributed by atoms with Gasteiger partial charge in [0.25, 0.3) is 0 Å². The number of aryl methyl sites for hydroxylation is 1. The summed E-state index contributed by atoms with van der Waals surface area (Å²) < 4.78 is 3.08. The van der Waals surface area contributed by atoms with Gasteiger partial charge < -0.3 is 5.73 Å². The van der Waals surface area contributed by atoms with Crippen LogP contribution >= 0.6 is 33.9 Å². The zero-order valence-electron chi connectivity index (χ0n) is 8.35. The van der Waals surface area contributed by atoms with Crippen molar-refractivity contribution in [2.24, 2.45) is 12.8 Å². The molecule has 0 radical (unpaired) electrons. The molecule has 0 aliphatic carbocycles. The first-order chi connectivity index (χ1) is 7.15. The molecule has 2 N–H and O–H groups in total. The Morgan fingerprint density at radius 1 is 1.67 bits per heavy atom. The third-order valence-corrected chi connectivity index (χ3v) is 4.02. The smallest absolute Gasteiger partial charge is 0.0656 e. The van der Waals surface area contributed by atoms with E-state index in [-0.39, 0.29) is 6.04 Å². The summed E-state index contributed by atoms with van der Waals surface area (Å²) in [6.07, 6.45) is 2.74. The first kappa shape index (κ1) is 11.1. The summed E-state index contributed by atoms with van der Waals surface area (Å²) in [6.45, 7) is 0. The van der Waals surface area contributed by atoms with Crippen molar-refractivity contribution >= 4 is 33.9 Å². The number of nitrogens with two attached hydrogens (primary N) is 1. The number of aromatic nitrogens is 2. The van der Waals surface area contributed by atoms with Crippen molar-refractivity contribution in [2.45, 2.75) is 12.5 Å². The van der Waals surface area contributed by atoms with Gasteiger partial charge in [0.05, 0.1) is 8.58 Å². The summed E-state index contributed by atoms with van der Waals surface area (Å²) in [5, 5.41) is 6.44. The molecule has 15 heavy (non-hydrogen) atoms. The van der Waals surface area contributed by atoms with Gasteiger partial charge in [-0.1, -0.05) is 0 Å². The molecule has 2 aromatic heterocycles. The van der Waals surface area contributed by atoms with Gasteiger partial charge in [0.15, 0.2) is 0 Å². The van der Waals surface area contributed by atoms with E-state index in [1.165, 1.54) is 8.45 Å². The van der Waals surface area contributed by atoms with E-state index >= 15 is 0 Å². The van der Waals surface area contributed by atoms with Gasteiger partial charge in [-0.2, -0.15) is 5.10 Å². The molecule has 0 aromatic carbocycles. The molecule has 0 saturated heterocycles. The average molecular weight is 333 g/mol. The van der Waals surface area contributed by atoms with Crippen molar-refractivity contribution in [1.82, 2.24) is 9.78 Å². The van der Waals surface area contributed by atoms with E-state index < -0.39 is 0 Å². The van der Waals surface area contributed by atoms with Crippen LogP contribution in [0.25, 0.3) is 0 Å². The Hall–Kier alpha value is -0.400. The van der Waals surface area contributed by atoms with Gasteiger partial charge in [-0.05, 0) is 45.7 Å². The molecule has 0 fully saturated rings. The third-order valence-electron chi connectivity index (χ3n) is 2.21. The molecular formula is C10H12IN3S. The molecule has 2 rings (SSSR count). The second kappa shape index (κ2) is 4.63. The van der Waals surface area contributed by atoms with Gasteiger partial charge in [-0.15, -0.1) is 11.3 Å². The van der Waals surface area contributed by atoms with Crippen LogP contribution in [0.3, 0.4) is 0 Å². The highest BCUT2D eigenvalue weighted by Gasteiger charge is 2.10. The maximum atomic E-state index is 6.10. The topological polar surface area (TPSA) is 43.8 Å². The van der Waals surface area contributed by atoms with Gasteiger partial charge in [0.1, 0.15) is 0 Å². The Balaban J connectivity index is 2.06. The minimum atomic E-state index is 0.0552. The van der Waals surface area contributed by atoms with E-state index in [0.717, 1.165) is 12.1 Å². The highest BCUT2D eigenvalue weighted by Crippen LogP contribution is 2.22. The molecule has 0 aliphatic rings. The van der Waals surface area contributed by atoms with Crippen molar-refractivity contribution < 1.29 is 0 Å². The summed E-state index contributed by atoms with van der Waals surface area (Å²) >= 11 is 4.04. The van der Waals surface area contributed by atoms with Crippen LogP contribution in [0.1, 0.15) is 17.3 Å². The van der Waals surface area contributed by atoms with Crippen molar-refractivity contribution in [1.29, 1.82) is 0 Å². The summed E-state index contributed by atoms with van der Waals surface area (Å²) in [5.74, 6) is 0. The summed E-state index contributed by atoms with van der Waals surface area (Å²) in [5.41, 5.74) is 8.35. The maximum Gasteiger partial charge on any atom is 0.0656 e. The van der Waals surface area contributed by atoms with Crippen molar-refractivity contribution in [3.8, 4) is 0 Å². The molecule has 2 aromatic rings. The fraction of sp³-hybridized carbons (Fsp3) is 0.300. The van der Waals surface area contributed by atoms with Crippen molar-refractivity contribution in [3.63, 3.8) is 0 Å².